The van der Waals surface area contributed by atoms with Gasteiger partial charge in [0.05, 0.1) is 39.0 Å². The molecule has 6 heterocycles. The molecule has 16 heteroatoms. The van der Waals surface area contributed by atoms with Crippen LogP contribution in [0.3, 0.4) is 0 Å². The number of nitriles is 1. The first-order valence-electron chi connectivity index (χ1n) is 21.1. The Morgan fingerprint density at radius 2 is 0.696 bits per heavy atom. The van der Waals surface area contributed by atoms with Gasteiger partial charge in [-0.1, -0.05) is 48.5 Å². The minimum atomic E-state index is -2.33. The Hall–Kier alpha value is -9.62. The van der Waals surface area contributed by atoms with Gasteiger partial charge in [-0.2, -0.15) is 5.26 Å². The summed E-state index contributed by atoms with van der Waals surface area (Å²) in [6.45, 7) is 0. The zero-order valence-corrected chi connectivity index (χ0v) is 35.3. The Kier molecular flexibility index (Phi) is 9.51. The molecule has 69 heavy (non-hydrogen) atoms. The van der Waals surface area contributed by atoms with Crippen LogP contribution >= 0.6 is 0 Å². The van der Waals surface area contributed by atoms with E-state index in [4.69, 9.17) is 0 Å². The molecule has 0 aliphatic rings. The van der Waals surface area contributed by atoms with Crippen LogP contribution in [0.15, 0.2) is 159 Å². The number of rotatable bonds is 7. The maximum absolute atomic E-state index is 16.5. The lowest BCUT2D eigenvalue weighted by molar-refractivity contribution is 0.381. The molecular formula is C53H26F5N11. The second-order valence-electron chi connectivity index (χ2n) is 15.8. The van der Waals surface area contributed by atoms with E-state index < -0.39 is 40.2 Å². The Labute approximate surface area is 386 Å². The highest BCUT2D eigenvalue weighted by molar-refractivity contribution is 6.13. The first-order valence-corrected chi connectivity index (χ1v) is 21.1. The lowest BCUT2D eigenvalue weighted by Gasteiger charge is -2.21. The molecule has 12 aromatic rings. The molecule has 6 aromatic heterocycles. The fourth-order valence-electron chi connectivity index (χ4n) is 9.04. The topological polar surface area (TPSA) is 137 Å². The number of hydrogen-bond acceptors (Lipinski definition) is 9. The number of hydrogen-bond donors (Lipinski definition) is 0. The minimum Gasteiger partial charge on any atom is -0.308 e. The SMILES string of the molecule is N#Cc1c(-n2c3cc(-c4ncccn4)ccc3c3ccc(-c4ncccn4)cc32)ccc(-c2c(F)c(F)c(F)c(F)c2F)c1-n1c2cc(-c3ncccn3)ccc2c2ccc(-c3ncccn3)cc21. The zero-order chi connectivity index (χ0) is 46.9. The third-order valence-electron chi connectivity index (χ3n) is 12.0. The second-order valence-corrected chi connectivity index (χ2v) is 15.8. The molecule has 0 saturated carbocycles. The van der Waals surface area contributed by atoms with Crippen LogP contribution in [0.1, 0.15) is 5.56 Å². The molecule has 11 nitrogen and oxygen atoms in total. The quantitative estimate of drug-likeness (QED) is 0.0869. The molecule has 0 atom stereocenters. The average Bonchev–Trinajstić information content (AvgIpc) is 3.91. The smallest absolute Gasteiger partial charge is 0.200 e. The highest BCUT2D eigenvalue weighted by Gasteiger charge is 2.32. The third kappa shape index (κ3) is 6.47. The second kappa shape index (κ2) is 16.1. The van der Waals surface area contributed by atoms with Gasteiger partial charge in [-0.15, -0.1) is 0 Å². The molecule has 0 unspecified atom stereocenters. The molecule has 0 fully saturated rings. The van der Waals surface area contributed by atoms with Crippen molar-refractivity contribution >= 4 is 43.6 Å². The summed E-state index contributed by atoms with van der Waals surface area (Å²) in [6.07, 6.45) is 12.7. The molecule has 0 bridgehead atoms. The summed E-state index contributed by atoms with van der Waals surface area (Å²) >= 11 is 0. The van der Waals surface area contributed by atoms with E-state index in [0.717, 1.165) is 10.8 Å². The third-order valence-corrected chi connectivity index (χ3v) is 12.0. The van der Waals surface area contributed by atoms with Gasteiger partial charge in [0.2, 0.25) is 5.82 Å². The van der Waals surface area contributed by atoms with E-state index in [1.165, 1.54) is 12.1 Å². The fourth-order valence-corrected chi connectivity index (χ4v) is 9.04. The number of fused-ring (bicyclic) bond motifs is 6. The van der Waals surface area contributed by atoms with Crippen molar-refractivity contribution in [1.29, 1.82) is 5.26 Å². The predicted molar refractivity (Wildman–Crippen MR) is 249 cm³/mol. The summed E-state index contributed by atoms with van der Waals surface area (Å²) < 4.78 is 82.1. The van der Waals surface area contributed by atoms with Gasteiger partial charge in [0.1, 0.15) is 11.6 Å². The molecule has 12 rings (SSSR count). The van der Waals surface area contributed by atoms with Gasteiger partial charge in [-0.3, -0.25) is 0 Å². The first kappa shape index (κ1) is 40.9. The van der Waals surface area contributed by atoms with Crippen molar-refractivity contribution in [2.45, 2.75) is 0 Å². The molecule has 0 aliphatic heterocycles. The summed E-state index contributed by atoms with van der Waals surface area (Å²) in [6, 6.07) is 33.8. The minimum absolute atomic E-state index is 0.192. The van der Waals surface area contributed by atoms with Gasteiger partial charge >= 0.3 is 0 Å². The molecule has 6 aromatic carbocycles. The monoisotopic (exact) mass is 911 g/mol. The van der Waals surface area contributed by atoms with Gasteiger partial charge in [0, 0.05) is 98.9 Å². The zero-order valence-electron chi connectivity index (χ0n) is 35.3. The first-order chi connectivity index (χ1) is 33.8. The van der Waals surface area contributed by atoms with Gasteiger partial charge in [-0.25, -0.2) is 61.8 Å². The Balaban J connectivity index is 1.27. The van der Waals surface area contributed by atoms with Crippen LogP contribution in [0.5, 0.6) is 0 Å². The van der Waals surface area contributed by atoms with E-state index in [1.54, 1.807) is 90.5 Å². The average molecular weight is 912 g/mol. The van der Waals surface area contributed by atoms with E-state index in [1.807, 2.05) is 65.2 Å². The Morgan fingerprint density at radius 1 is 0.377 bits per heavy atom. The van der Waals surface area contributed by atoms with Crippen molar-refractivity contribution < 1.29 is 22.0 Å². The summed E-state index contributed by atoms with van der Waals surface area (Å²) in [5, 5.41) is 14.4. The van der Waals surface area contributed by atoms with Crippen LogP contribution in [0.4, 0.5) is 22.0 Å². The van der Waals surface area contributed by atoms with Crippen LogP contribution in [-0.2, 0) is 0 Å². The Morgan fingerprint density at radius 3 is 1.03 bits per heavy atom. The molecular weight excluding hydrogens is 886 g/mol. The number of benzene rings is 6. The van der Waals surface area contributed by atoms with Crippen LogP contribution in [0, 0.1) is 40.4 Å². The van der Waals surface area contributed by atoms with E-state index >= 15 is 17.6 Å². The standard InChI is InChI=1S/C53H26F5N11/c54-44-43(45(55)47(57)48(58)46(44)56)36-13-14-38(68-39-23-28(50-60-15-1-16-61-50)5-9-32(39)33-10-6-29(24-40(33)68)51-62-17-2-18-63-51)37(27-59)49(36)69-41-25-30(52-64-19-3-20-65-52)7-11-34(41)35-12-8-31(26-42(35)69)53-66-21-4-22-67-53/h1-26H. The number of halogens is 5. The largest absolute Gasteiger partial charge is 0.308 e. The highest BCUT2D eigenvalue weighted by Crippen LogP contribution is 2.45. The molecule has 0 N–H and O–H groups in total. The number of aromatic nitrogens is 10. The van der Waals surface area contributed by atoms with Crippen molar-refractivity contribution in [2.75, 3.05) is 0 Å². The van der Waals surface area contributed by atoms with Gasteiger partial charge in [-0.05, 0) is 60.7 Å². The van der Waals surface area contributed by atoms with Crippen LogP contribution in [0.2, 0.25) is 0 Å². The van der Waals surface area contributed by atoms with Crippen LogP contribution in [0.25, 0.3) is 112 Å². The van der Waals surface area contributed by atoms with E-state index in [-0.39, 0.29) is 16.9 Å². The highest BCUT2D eigenvalue weighted by atomic mass is 19.2. The molecule has 328 valence electrons. The Bertz CT molecular complexity index is 3860. The van der Waals surface area contributed by atoms with Gasteiger partial charge in [0.25, 0.3) is 0 Å². The van der Waals surface area contributed by atoms with Crippen molar-refractivity contribution in [2.24, 2.45) is 0 Å². The lowest BCUT2D eigenvalue weighted by atomic mass is 9.96. The maximum Gasteiger partial charge on any atom is 0.200 e. The lowest BCUT2D eigenvalue weighted by Crippen LogP contribution is -2.10. The van der Waals surface area contributed by atoms with E-state index in [0.29, 0.717) is 78.4 Å². The number of nitrogens with zero attached hydrogens (tertiary/aromatic N) is 11. The molecule has 0 saturated heterocycles. The van der Waals surface area contributed by atoms with Crippen molar-refractivity contribution in [3.63, 3.8) is 0 Å². The predicted octanol–water partition coefficient (Wildman–Crippen LogP) is 11.9. The summed E-state index contributed by atoms with van der Waals surface area (Å²) in [5.41, 5.74) is 2.31. The molecule has 0 amide bonds. The van der Waals surface area contributed by atoms with Gasteiger partial charge in [0.15, 0.2) is 46.6 Å². The summed E-state index contributed by atoms with van der Waals surface area (Å²) in [7, 11) is 0. The normalized spacial score (nSPS) is 11.5. The summed E-state index contributed by atoms with van der Waals surface area (Å²) in [5.74, 6) is -9.29. The molecule has 0 radical (unpaired) electrons. The van der Waals surface area contributed by atoms with E-state index in [2.05, 4.69) is 45.9 Å². The van der Waals surface area contributed by atoms with Crippen LogP contribution < -0.4 is 0 Å². The van der Waals surface area contributed by atoms with Crippen molar-refractivity contribution in [3.05, 3.63) is 193 Å². The maximum atomic E-state index is 16.5. The van der Waals surface area contributed by atoms with Crippen LogP contribution in [-0.4, -0.2) is 49.0 Å². The molecule has 0 aliphatic carbocycles. The van der Waals surface area contributed by atoms with Crippen molar-refractivity contribution in [1.82, 2.24) is 49.0 Å². The van der Waals surface area contributed by atoms with Crippen molar-refractivity contribution in [3.8, 4) is 74.1 Å². The van der Waals surface area contributed by atoms with E-state index in [9.17, 15) is 9.65 Å². The van der Waals surface area contributed by atoms with Gasteiger partial charge < -0.3 is 9.13 Å². The summed E-state index contributed by atoms with van der Waals surface area (Å²) in [4.78, 5) is 35.7. The fraction of sp³-hybridized carbons (Fsp3) is 0. The molecule has 0 spiro atoms.